The molecule has 0 heterocycles. The molecule has 0 radical (unpaired) electrons. The summed E-state index contributed by atoms with van der Waals surface area (Å²) in [4.78, 5) is 69.4. The number of hydrogen-bond acceptors (Lipinski definition) is 10. The molecule has 14 nitrogen and oxygen atoms in total. The molecule has 4 amide bonds. The van der Waals surface area contributed by atoms with Crippen molar-refractivity contribution in [3.63, 3.8) is 0 Å². The maximum absolute atomic E-state index is 12.3. The van der Waals surface area contributed by atoms with E-state index in [0.717, 1.165) is 44.8 Å². The average molecular weight is 757 g/mol. The van der Waals surface area contributed by atoms with Crippen molar-refractivity contribution in [2.45, 2.75) is 141 Å². The molecule has 0 saturated heterocycles. The van der Waals surface area contributed by atoms with Gasteiger partial charge in [0.25, 0.3) is 0 Å². The van der Waals surface area contributed by atoms with E-state index in [2.05, 4.69) is 28.2 Å². The van der Waals surface area contributed by atoms with Gasteiger partial charge in [0, 0.05) is 38.9 Å². The van der Waals surface area contributed by atoms with Gasteiger partial charge in [0.1, 0.15) is 25.8 Å². The van der Waals surface area contributed by atoms with Gasteiger partial charge in [-0.3, -0.25) is 19.2 Å². The van der Waals surface area contributed by atoms with E-state index in [4.69, 9.17) is 18.9 Å². The summed E-state index contributed by atoms with van der Waals surface area (Å²) >= 11 is 0. The lowest BCUT2D eigenvalue weighted by Crippen LogP contribution is -2.37. The van der Waals surface area contributed by atoms with Crippen molar-refractivity contribution in [2.24, 2.45) is 0 Å². The van der Waals surface area contributed by atoms with Gasteiger partial charge in [0.15, 0.2) is 0 Å². The first kappa shape index (κ1) is 50.1. The Balaban J connectivity index is 3.56. The normalized spacial score (nSPS) is 11.5. The van der Waals surface area contributed by atoms with Crippen LogP contribution in [0.15, 0.2) is 0 Å². The topological polar surface area (TPSA) is 187 Å². The molecular weight excluding hydrogens is 684 g/mol. The van der Waals surface area contributed by atoms with Crippen LogP contribution in [0.1, 0.15) is 135 Å². The fourth-order valence-electron chi connectivity index (χ4n) is 5.26. The first-order valence-electron chi connectivity index (χ1n) is 20.2. The van der Waals surface area contributed by atoms with Crippen LogP contribution >= 0.6 is 0 Å². The second-order valence-corrected chi connectivity index (χ2v) is 13.2. The van der Waals surface area contributed by atoms with E-state index < -0.39 is 6.04 Å². The van der Waals surface area contributed by atoms with Crippen LogP contribution in [0.2, 0.25) is 0 Å². The Morgan fingerprint density at radius 2 is 0.943 bits per heavy atom. The van der Waals surface area contributed by atoms with Gasteiger partial charge in [-0.2, -0.15) is 0 Å². The predicted molar refractivity (Wildman–Crippen MR) is 204 cm³/mol. The van der Waals surface area contributed by atoms with Crippen LogP contribution in [-0.2, 0) is 47.7 Å². The fourth-order valence-corrected chi connectivity index (χ4v) is 5.26. The summed E-state index contributed by atoms with van der Waals surface area (Å²) in [7, 11) is 0. The van der Waals surface area contributed by atoms with Crippen molar-refractivity contribution in [1.82, 2.24) is 21.3 Å². The van der Waals surface area contributed by atoms with E-state index in [1.54, 1.807) is 0 Å². The molecule has 0 saturated carbocycles. The molecule has 0 aromatic carbocycles. The lowest BCUT2D eigenvalue weighted by Gasteiger charge is -2.13. The van der Waals surface area contributed by atoms with E-state index in [-0.39, 0.29) is 76.1 Å². The Morgan fingerprint density at radius 3 is 1.43 bits per heavy atom. The highest BCUT2D eigenvalue weighted by atomic mass is 16.5. The molecule has 308 valence electrons. The predicted octanol–water partition coefficient (Wildman–Crippen LogP) is 4.11. The summed E-state index contributed by atoms with van der Waals surface area (Å²) < 4.78 is 21.3. The molecule has 0 aliphatic carbocycles. The Bertz CT molecular complexity index is 925. The quantitative estimate of drug-likeness (QED) is 0.0523. The molecule has 0 aliphatic rings. The monoisotopic (exact) mass is 757 g/mol. The number of nitrogens with one attached hydrogen (secondary N) is 4. The van der Waals surface area contributed by atoms with E-state index >= 15 is 0 Å². The minimum absolute atomic E-state index is 0.000715. The summed E-state index contributed by atoms with van der Waals surface area (Å²) in [6.45, 7) is 4.88. The average Bonchev–Trinajstić information content (AvgIpc) is 3.15. The lowest BCUT2D eigenvalue weighted by molar-refractivity contribution is -0.127. The van der Waals surface area contributed by atoms with Gasteiger partial charge in [-0.25, -0.2) is 0 Å². The second kappa shape index (κ2) is 40.2. The third kappa shape index (κ3) is 38.6. The van der Waals surface area contributed by atoms with Crippen LogP contribution in [0, 0.1) is 0 Å². The molecule has 0 spiro atoms. The third-order valence-corrected chi connectivity index (χ3v) is 8.37. The fraction of sp³-hybridized carbons (Fsp3) is 0.846. The van der Waals surface area contributed by atoms with Crippen LogP contribution in [0.5, 0.6) is 0 Å². The first-order chi connectivity index (χ1) is 25.9. The van der Waals surface area contributed by atoms with E-state index in [9.17, 15) is 28.8 Å². The highest BCUT2D eigenvalue weighted by molar-refractivity contribution is 5.80. The summed E-state index contributed by atoms with van der Waals surface area (Å²) in [5.41, 5.74) is 0. The number of rotatable bonds is 41. The Labute approximate surface area is 318 Å². The number of aldehydes is 2. The van der Waals surface area contributed by atoms with Gasteiger partial charge >= 0.3 is 0 Å². The smallest absolute Gasteiger partial charge is 0.246 e. The number of ether oxygens (including phenoxy) is 4. The van der Waals surface area contributed by atoms with E-state index in [1.807, 2.05) is 0 Å². The number of carbonyl (C=O) groups excluding carboxylic acids is 6. The SMILES string of the molecule is CCCCNC(=O)COCCOCCNC(=O)COCCOCCNC(=O)CCC(C=O)NC(=O)CCCCCCCCCCCCCCCCC=O. The molecule has 14 heteroatoms. The maximum Gasteiger partial charge on any atom is 0.246 e. The number of amides is 4. The molecule has 1 atom stereocenters. The Morgan fingerprint density at radius 1 is 0.491 bits per heavy atom. The van der Waals surface area contributed by atoms with Crippen molar-refractivity contribution in [1.29, 1.82) is 0 Å². The molecule has 0 aliphatic heterocycles. The van der Waals surface area contributed by atoms with Crippen molar-refractivity contribution in [2.75, 3.05) is 72.5 Å². The summed E-state index contributed by atoms with van der Waals surface area (Å²) in [5, 5.41) is 10.9. The largest absolute Gasteiger partial charge is 0.377 e. The Kier molecular flexibility index (Phi) is 38.0. The molecule has 0 aromatic rings. The van der Waals surface area contributed by atoms with Gasteiger partial charge < -0.3 is 49.8 Å². The van der Waals surface area contributed by atoms with Crippen LogP contribution in [-0.4, -0.2) is 115 Å². The zero-order chi connectivity index (χ0) is 38.9. The number of carbonyl (C=O) groups is 6. The highest BCUT2D eigenvalue weighted by Gasteiger charge is 2.13. The number of hydrogen-bond donors (Lipinski definition) is 4. The molecule has 1 unspecified atom stereocenters. The minimum Gasteiger partial charge on any atom is -0.377 e. The minimum atomic E-state index is -0.686. The molecule has 0 rings (SSSR count). The van der Waals surface area contributed by atoms with Crippen molar-refractivity contribution in [3.05, 3.63) is 0 Å². The molecular formula is C39H72N4O10. The molecule has 0 aromatic heterocycles. The zero-order valence-electron chi connectivity index (χ0n) is 32.7. The summed E-state index contributed by atoms with van der Waals surface area (Å²) in [5.74, 6) is -0.812. The molecule has 0 bridgehead atoms. The molecule has 53 heavy (non-hydrogen) atoms. The van der Waals surface area contributed by atoms with Crippen molar-refractivity contribution in [3.8, 4) is 0 Å². The van der Waals surface area contributed by atoms with Gasteiger partial charge in [0.05, 0.1) is 45.7 Å². The number of unbranched alkanes of at least 4 members (excludes halogenated alkanes) is 15. The third-order valence-electron chi connectivity index (χ3n) is 8.37. The summed E-state index contributed by atoms with van der Waals surface area (Å²) in [6.07, 6.45) is 21.5. The lowest BCUT2D eigenvalue weighted by atomic mass is 10.0. The van der Waals surface area contributed by atoms with Gasteiger partial charge in [0.2, 0.25) is 23.6 Å². The first-order valence-corrected chi connectivity index (χ1v) is 20.2. The zero-order valence-corrected chi connectivity index (χ0v) is 32.7. The van der Waals surface area contributed by atoms with Crippen LogP contribution < -0.4 is 21.3 Å². The van der Waals surface area contributed by atoms with Gasteiger partial charge in [-0.1, -0.05) is 90.4 Å². The van der Waals surface area contributed by atoms with Crippen LogP contribution in [0.4, 0.5) is 0 Å². The van der Waals surface area contributed by atoms with Gasteiger partial charge in [-0.05, 0) is 25.7 Å². The second-order valence-electron chi connectivity index (χ2n) is 13.2. The molecule has 4 N–H and O–H groups in total. The van der Waals surface area contributed by atoms with Crippen LogP contribution in [0.25, 0.3) is 0 Å². The van der Waals surface area contributed by atoms with E-state index in [1.165, 1.54) is 64.2 Å². The van der Waals surface area contributed by atoms with Crippen molar-refractivity contribution < 1.29 is 47.7 Å². The maximum atomic E-state index is 12.3. The summed E-state index contributed by atoms with van der Waals surface area (Å²) in [6, 6.07) is -0.686. The van der Waals surface area contributed by atoms with Crippen molar-refractivity contribution >= 4 is 36.2 Å². The van der Waals surface area contributed by atoms with Crippen LogP contribution in [0.3, 0.4) is 0 Å². The van der Waals surface area contributed by atoms with Gasteiger partial charge in [-0.15, -0.1) is 0 Å². The Hall–Kier alpha value is -2.94. The molecule has 0 fully saturated rings. The standard InChI is InChI=1S/C39H72N4O10/c1-2-3-22-40-38(48)33-52-30-29-51-27-24-42-39(49)34-53-31-28-50-26-23-41-36(46)21-20-35(32-45)43-37(47)19-17-15-13-11-9-7-5-4-6-8-10-12-14-16-18-25-44/h25,32,35H,2-24,26-31,33-34H2,1H3,(H,40,48)(H,41,46)(H,42,49)(H,43,47). The van der Waals surface area contributed by atoms with E-state index in [0.29, 0.717) is 52.0 Å². The highest BCUT2D eigenvalue weighted by Crippen LogP contribution is 2.13.